The molecule has 1 saturated heterocycles. The van der Waals surface area contributed by atoms with Gasteiger partial charge in [-0.25, -0.2) is 4.98 Å². The Morgan fingerprint density at radius 3 is 2.50 bits per heavy atom. The molecule has 8 heteroatoms. The highest BCUT2D eigenvalue weighted by atomic mass is 32.1. The lowest BCUT2D eigenvalue weighted by Crippen LogP contribution is -2.45. The summed E-state index contributed by atoms with van der Waals surface area (Å²) in [5, 5.41) is 24.4. The molecule has 0 bridgehead atoms. The molecule has 0 aromatic carbocycles. The van der Waals surface area contributed by atoms with Crippen molar-refractivity contribution in [3.8, 4) is 0 Å². The third kappa shape index (κ3) is 7.70. The quantitative estimate of drug-likeness (QED) is 0.588. The summed E-state index contributed by atoms with van der Waals surface area (Å²) < 4.78 is 11.7. The van der Waals surface area contributed by atoms with Gasteiger partial charge in [0.15, 0.2) is 0 Å². The van der Waals surface area contributed by atoms with Crippen LogP contribution < -0.4 is 0 Å². The van der Waals surface area contributed by atoms with E-state index in [0.717, 1.165) is 35.5 Å². The number of ketones is 1. The standard InChI is InChI=1S/C26H41NO6S/c1-15-9-8-10-17(3)32-13-21(16(2)11-20-14-34-19(5)27-20)33-23(29)12-22(28)26(6,7)25(31)18(4)24(15)30/h11,14-15,17-18,21-22,24,28,30H,8-10,12-13H2,1-7H3/b16-11+. The molecule has 192 valence electrons. The number of aromatic nitrogens is 1. The molecular formula is C26H41NO6S. The third-order valence-corrected chi connectivity index (χ3v) is 7.72. The summed E-state index contributed by atoms with van der Waals surface area (Å²) in [5.74, 6) is -1.60. The first-order valence-corrected chi connectivity index (χ1v) is 13.0. The minimum Gasteiger partial charge on any atom is -0.455 e. The second-order valence-corrected chi connectivity index (χ2v) is 11.4. The van der Waals surface area contributed by atoms with Gasteiger partial charge in [0.05, 0.1) is 47.5 Å². The fourth-order valence-corrected chi connectivity index (χ4v) is 4.85. The van der Waals surface area contributed by atoms with Gasteiger partial charge in [0.25, 0.3) is 0 Å². The molecule has 0 amide bonds. The lowest BCUT2D eigenvalue weighted by Gasteiger charge is -2.34. The van der Waals surface area contributed by atoms with Crippen molar-refractivity contribution in [2.45, 2.75) is 98.6 Å². The lowest BCUT2D eigenvalue weighted by molar-refractivity contribution is -0.157. The van der Waals surface area contributed by atoms with Crippen molar-refractivity contribution in [1.82, 2.24) is 4.98 Å². The summed E-state index contributed by atoms with van der Waals surface area (Å²) in [6.45, 7) is 12.8. The van der Waals surface area contributed by atoms with Crippen LogP contribution in [0.15, 0.2) is 11.0 Å². The Bertz CT molecular complexity index is 863. The third-order valence-electron chi connectivity index (χ3n) is 6.93. The molecule has 1 aliphatic rings. The Morgan fingerprint density at radius 2 is 1.88 bits per heavy atom. The number of ether oxygens (including phenoxy) is 2. The van der Waals surface area contributed by atoms with E-state index in [9.17, 15) is 19.8 Å². The maximum absolute atomic E-state index is 13.2. The number of aliphatic hydroxyl groups is 2. The van der Waals surface area contributed by atoms with E-state index in [2.05, 4.69) is 4.98 Å². The van der Waals surface area contributed by atoms with Crippen LogP contribution in [0.5, 0.6) is 0 Å². The zero-order valence-corrected chi connectivity index (χ0v) is 22.4. The normalized spacial score (nSPS) is 32.9. The summed E-state index contributed by atoms with van der Waals surface area (Å²) in [5.41, 5.74) is 0.381. The minimum absolute atomic E-state index is 0.0589. The lowest BCUT2D eigenvalue weighted by atomic mass is 9.73. The highest BCUT2D eigenvalue weighted by molar-refractivity contribution is 7.09. The van der Waals surface area contributed by atoms with E-state index in [4.69, 9.17) is 9.47 Å². The zero-order chi connectivity index (χ0) is 25.6. The number of carbonyl (C=O) groups is 2. The van der Waals surface area contributed by atoms with E-state index in [0.29, 0.717) is 0 Å². The first-order chi connectivity index (χ1) is 15.8. The molecular weight excluding hydrogens is 454 g/mol. The Hall–Kier alpha value is -1.61. The van der Waals surface area contributed by atoms with E-state index < -0.39 is 35.6 Å². The van der Waals surface area contributed by atoms with E-state index in [1.54, 1.807) is 32.1 Å². The van der Waals surface area contributed by atoms with Crippen molar-refractivity contribution in [2.75, 3.05) is 6.61 Å². The molecule has 0 spiro atoms. The molecule has 1 aliphatic heterocycles. The first kappa shape index (κ1) is 28.6. The van der Waals surface area contributed by atoms with Crippen molar-refractivity contribution >= 4 is 29.2 Å². The largest absolute Gasteiger partial charge is 0.455 e. The number of aliphatic hydroxyl groups excluding tert-OH is 2. The average molecular weight is 496 g/mol. The van der Waals surface area contributed by atoms with Crippen molar-refractivity contribution in [2.24, 2.45) is 17.3 Å². The van der Waals surface area contributed by atoms with Crippen LogP contribution in [0.2, 0.25) is 0 Å². The van der Waals surface area contributed by atoms with Gasteiger partial charge < -0.3 is 19.7 Å². The molecule has 6 unspecified atom stereocenters. The van der Waals surface area contributed by atoms with Crippen molar-refractivity contribution < 1.29 is 29.3 Å². The summed E-state index contributed by atoms with van der Waals surface area (Å²) in [7, 11) is 0. The number of hydrogen-bond acceptors (Lipinski definition) is 8. The van der Waals surface area contributed by atoms with Gasteiger partial charge >= 0.3 is 5.97 Å². The fraction of sp³-hybridized carbons (Fsp3) is 0.731. The number of nitrogens with zero attached hydrogens (tertiary/aromatic N) is 1. The summed E-state index contributed by atoms with van der Waals surface area (Å²) in [4.78, 5) is 30.4. The SMILES string of the molecule is C/C(=C\c1csc(C)n1)C1COC(C)CCCC(C)C(O)C(C)C(=O)C(C)(C)C(O)CC(=O)O1. The Labute approximate surface area is 207 Å². The number of aryl methyl sites for hydroxylation is 1. The minimum atomic E-state index is -1.24. The highest BCUT2D eigenvalue weighted by Crippen LogP contribution is 2.32. The second-order valence-electron chi connectivity index (χ2n) is 10.3. The molecule has 6 atom stereocenters. The van der Waals surface area contributed by atoms with Crippen LogP contribution in [0.1, 0.15) is 77.9 Å². The summed E-state index contributed by atoms with van der Waals surface area (Å²) in [6, 6.07) is 0. The number of carbonyl (C=O) groups excluding carboxylic acids is 2. The maximum atomic E-state index is 13.2. The van der Waals surface area contributed by atoms with E-state index in [1.165, 1.54) is 0 Å². The van der Waals surface area contributed by atoms with E-state index in [1.807, 2.05) is 39.2 Å². The van der Waals surface area contributed by atoms with Crippen LogP contribution in [-0.4, -0.2) is 58.0 Å². The molecule has 2 rings (SSSR count). The summed E-state index contributed by atoms with van der Waals surface area (Å²) in [6.07, 6.45) is 1.19. The van der Waals surface area contributed by atoms with Crippen LogP contribution in [0.25, 0.3) is 6.08 Å². The van der Waals surface area contributed by atoms with Gasteiger partial charge in [0, 0.05) is 11.3 Å². The number of cyclic esters (lactones) is 1. The molecule has 1 fully saturated rings. The van der Waals surface area contributed by atoms with Gasteiger partial charge in [-0.1, -0.05) is 34.1 Å². The molecule has 0 aliphatic carbocycles. The Kier molecular flexibility index (Phi) is 10.4. The zero-order valence-electron chi connectivity index (χ0n) is 21.5. The van der Waals surface area contributed by atoms with Crippen LogP contribution >= 0.6 is 11.3 Å². The van der Waals surface area contributed by atoms with E-state index in [-0.39, 0.29) is 30.8 Å². The molecule has 2 N–H and O–H groups in total. The molecule has 7 nitrogen and oxygen atoms in total. The van der Waals surface area contributed by atoms with Crippen molar-refractivity contribution in [3.05, 3.63) is 21.7 Å². The van der Waals surface area contributed by atoms with Gasteiger partial charge in [-0.2, -0.15) is 0 Å². The van der Waals surface area contributed by atoms with Gasteiger partial charge in [-0.05, 0) is 51.2 Å². The van der Waals surface area contributed by atoms with Crippen LogP contribution in [-0.2, 0) is 19.1 Å². The van der Waals surface area contributed by atoms with Crippen molar-refractivity contribution in [3.63, 3.8) is 0 Å². The molecule has 2 heterocycles. The smallest absolute Gasteiger partial charge is 0.309 e. The van der Waals surface area contributed by atoms with Crippen LogP contribution in [0.3, 0.4) is 0 Å². The monoisotopic (exact) mass is 495 g/mol. The number of thiazole rings is 1. The Balaban J connectivity index is 2.27. The van der Waals surface area contributed by atoms with Crippen LogP contribution in [0, 0.1) is 24.2 Å². The van der Waals surface area contributed by atoms with Gasteiger partial charge in [-0.15, -0.1) is 11.3 Å². The van der Waals surface area contributed by atoms with Crippen molar-refractivity contribution in [1.29, 1.82) is 0 Å². The van der Waals surface area contributed by atoms with E-state index >= 15 is 0 Å². The Morgan fingerprint density at radius 1 is 1.21 bits per heavy atom. The highest BCUT2D eigenvalue weighted by Gasteiger charge is 2.42. The molecule has 0 radical (unpaired) electrons. The predicted octanol–water partition coefficient (Wildman–Crippen LogP) is 4.34. The number of hydrogen-bond donors (Lipinski definition) is 2. The molecule has 34 heavy (non-hydrogen) atoms. The van der Waals surface area contributed by atoms with Gasteiger partial charge in [0.2, 0.25) is 0 Å². The number of rotatable bonds is 2. The molecule has 1 aromatic heterocycles. The topological polar surface area (TPSA) is 106 Å². The second kappa shape index (κ2) is 12.4. The molecule has 1 aromatic rings. The van der Waals surface area contributed by atoms with Crippen LogP contribution in [0.4, 0.5) is 0 Å². The predicted molar refractivity (Wildman–Crippen MR) is 133 cm³/mol. The fourth-order valence-electron chi connectivity index (χ4n) is 4.28. The average Bonchev–Trinajstić information content (AvgIpc) is 3.18. The number of esters is 1. The molecule has 0 saturated carbocycles. The maximum Gasteiger partial charge on any atom is 0.309 e. The first-order valence-electron chi connectivity index (χ1n) is 12.1. The number of Topliss-reactive ketones (excluding diaryl/α,β-unsaturated/α-hetero) is 1. The van der Waals surface area contributed by atoms with Gasteiger partial charge in [-0.3, -0.25) is 9.59 Å². The van der Waals surface area contributed by atoms with Gasteiger partial charge in [0.1, 0.15) is 11.9 Å². The summed E-state index contributed by atoms with van der Waals surface area (Å²) >= 11 is 1.54.